The molecule has 0 fully saturated rings. The molecule has 5 heteroatoms. The quantitative estimate of drug-likeness (QED) is 0.723. The largest absolute Gasteiger partial charge is 0.493 e. The number of hydrogen-bond acceptors (Lipinski definition) is 2. The highest BCUT2D eigenvalue weighted by molar-refractivity contribution is 9.10. The van der Waals surface area contributed by atoms with Gasteiger partial charge in [0.15, 0.2) is 0 Å². The van der Waals surface area contributed by atoms with Crippen LogP contribution in [-0.2, 0) is 0 Å². The predicted molar refractivity (Wildman–Crippen MR) is 88.5 cm³/mol. The van der Waals surface area contributed by atoms with Gasteiger partial charge in [-0.05, 0) is 52.7 Å². The lowest BCUT2D eigenvalue weighted by atomic mass is 10.0. The van der Waals surface area contributed by atoms with Gasteiger partial charge in [0.25, 0.3) is 0 Å². The fourth-order valence-corrected chi connectivity index (χ4v) is 3.15. The number of rotatable bonds is 4. The van der Waals surface area contributed by atoms with E-state index in [0.29, 0.717) is 17.2 Å². The van der Waals surface area contributed by atoms with Crippen molar-refractivity contribution in [1.82, 2.24) is 0 Å². The minimum absolute atomic E-state index is 0.525. The molecule has 0 heterocycles. The highest BCUT2D eigenvalue weighted by Gasteiger charge is 2.15. The van der Waals surface area contributed by atoms with Crippen molar-refractivity contribution >= 4 is 43.5 Å². The van der Waals surface area contributed by atoms with Gasteiger partial charge in [-0.2, -0.15) is 0 Å². The van der Waals surface area contributed by atoms with Crippen molar-refractivity contribution in [2.45, 2.75) is 13.0 Å². The van der Waals surface area contributed by atoms with Crippen LogP contribution in [-0.4, -0.2) is 11.7 Å². The summed E-state index contributed by atoms with van der Waals surface area (Å²) in [6.07, 6.45) is -0.775. The number of ether oxygens (including phenoxy) is 1. The molecule has 0 saturated heterocycles. The van der Waals surface area contributed by atoms with Gasteiger partial charge < -0.3 is 9.84 Å². The van der Waals surface area contributed by atoms with Gasteiger partial charge in [-0.3, -0.25) is 0 Å². The minimum Gasteiger partial charge on any atom is -0.493 e. The van der Waals surface area contributed by atoms with E-state index in [1.807, 2.05) is 31.2 Å². The zero-order valence-corrected chi connectivity index (χ0v) is 14.7. The van der Waals surface area contributed by atoms with Gasteiger partial charge in [0.2, 0.25) is 0 Å². The summed E-state index contributed by atoms with van der Waals surface area (Å²) in [6.45, 7) is 2.52. The van der Waals surface area contributed by atoms with E-state index < -0.39 is 6.10 Å². The first-order valence-electron chi connectivity index (χ1n) is 6.08. The summed E-state index contributed by atoms with van der Waals surface area (Å²) < 4.78 is 7.15. The summed E-state index contributed by atoms with van der Waals surface area (Å²) in [5, 5.41) is 11.0. The van der Waals surface area contributed by atoms with E-state index in [2.05, 4.69) is 31.9 Å². The highest BCUT2D eigenvalue weighted by Crippen LogP contribution is 2.34. The maximum absolute atomic E-state index is 10.4. The van der Waals surface area contributed by atoms with E-state index in [-0.39, 0.29) is 0 Å². The number of aliphatic hydroxyl groups is 1. The van der Waals surface area contributed by atoms with Crippen LogP contribution in [0.3, 0.4) is 0 Å². The zero-order valence-electron chi connectivity index (χ0n) is 10.7. The van der Waals surface area contributed by atoms with Crippen LogP contribution in [0.1, 0.15) is 24.2 Å². The molecule has 20 heavy (non-hydrogen) atoms. The predicted octanol–water partition coefficient (Wildman–Crippen LogP) is 5.35. The van der Waals surface area contributed by atoms with Crippen LogP contribution in [0.5, 0.6) is 5.75 Å². The molecule has 106 valence electrons. The Balaban J connectivity index is 2.33. The molecular weight excluding hydrogens is 407 g/mol. The summed E-state index contributed by atoms with van der Waals surface area (Å²) in [7, 11) is 0. The van der Waals surface area contributed by atoms with E-state index in [0.717, 1.165) is 20.3 Å². The van der Waals surface area contributed by atoms with Crippen LogP contribution < -0.4 is 4.74 Å². The Bertz CT molecular complexity index is 617. The van der Waals surface area contributed by atoms with Crippen molar-refractivity contribution in [3.8, 4) is 5.75 Å². The Labute approximate surface area is 140 Å². The third-order valence-corrected chi connectivity index (χ3v) is 4.27. The standard InChI is InChI=1S/C15H13Br2ClO2/c1-2-20-14-6-3-9(7-12(14)17)15(19)11-5-4-10(16)8-13(11)18/h3-8,15,19H,2H2,1H3. The molecule has 0 saturated carbocycles. The van der Waals surface area contributed by atoms with Gasteiger partial charge in [-0.1, -0.05) is 39.7 Å². The molecule has 0 amide bonds. The van der Waals surface area contributed by atoms with Gasteiger partial charge in [0.1, 0.15) is 11.9 Å². The van der Waals surface area contributed by atoms with Crippen LogP contribution in [0.15, 0.2) is 45.3 Å². The molecule has 0 aromatic heterocycles. The van der Waals surface area contributed by atoms with Crippen molar-refractivity contribution < 1.29 is 9.84 Å². The topological polar surface area (TPSA) is 29.5 Å². The number of hydrogen-bond donors (Lipinski definition) is 1. The van der Waals surface area contributed by atoms with Crippen LogP contribution in [0.2, 0.25) is 5.02 Å². The lowest BCUT2D eigenvalue weighted by Gasteiger charge is -2.15. The molecule has 2 aromatic carbocycles. The van der Waals surface area contributed by atoms with Gasteiger partial charge in [0.05, 0.1) is 11.1 Å². The fourth-order valence-electron chi connectivity index (χ4n) is 1.86. The minimum atomic E-state index is -0.775. The normalized spacial score (nSPS) is 12.2. The molecule has 2 rings (SSSR count). The first-order chi connectivity index (χ1) is 9.52. The third kappa shape index (κ3) is 3.55. The monoisotopic (exact) mass is 418 g/mol. The van der Waals surface area contributed by atoms with Gasteiger partial charge >= 0.3 is 0 Å². The molecule has 1 unspecified atom stereocenters. The Morgan fingerprint density at radius 3 is 2.55 bits per heavy atom. The van der Waals surface area contributed by atoms with Crippen molar-refractivity contribution in [3.63, 3.8) is 0 Å². The van der Waals surface area contributed by atoms with Crippen molar-refractivity contribution in [2.24, 2.45) is 0 Å². The van der Waals surface area contributed by atoms with Crippen molar-refractivity contribution in [1.29, 1.82) is 0 Å². The van der Waals surface area contributed by atoms with Gasteiger partial charge in [-0.15, -0.1) is 0 Å². The first kappa shape index (κ1) is 15.8. The highest BCUT2D eigenvalue weighted by atomic mass is 79.9. The first-order valence-corrected chi connectivity index (χ1v) is 8.04. The SMILES string of the molecule is CCOc1ccc(C(O)c2ccc(Br)cc2Cl)cc1Br. The average molecular weight is 421 g/mol. The Morgan fingerprint density at radius 1 is 1.20 bits per heavy atom. The maximum Gasteiger partial charge on any atom is 0.133 e. The van der Waals surface area contributed by atoms with Crippen LogP contribution in [0.4, 0.5) is 0 Å². The lowest BCUT2D eigenvalue weighted by molar-refractivity contribution is 0.220. The molecule has 0 radical (unpaired) electrons. The summed E-state index contributed by atoms with van der Waals surface area (Å²) in [6, 6.07) is 10.9. The number of aliphatic hydroxyl groups excluding tert-OH is 1. The molecule has 0 aliphatic carbocycles. The number of halogens is 3. The summed E-state index contributed by atoms with van der Waals surface area (Å²) in [4.78, 5) is 0. The van der Waals surface area contributed by atoms with Crippen molar-refractivity contribution in [2.75, 3.05) is 6.61 Å². The molecule has 2 nitrogen and oxygen atoms in total. The molecule has 1 N–H and O–H groups in total. The maximum atomic E-state index is 10.4. The van der Waals surface area contributed by atoms with E-state index in [4.69, 9.17) is 16.3 Å². The summed E-state index contributed by atoms with van der Waals surface area (Å²) in [5.41, 5.74) is 1.43. The molecule has 0 aliphatic rings. The van der Waals surface area contributed by atoms with Crippen molar-refractivity contribution in [3.05, 3.63) is 61.5 Å². The van der Waals surface area contributed by atoms with E-state index in [1.165, 1.54) is 0 Å². The molecule has 0 bridgehead atoms. The molecule has 0 spiro atoms. The zero-order chi connectivity index (χ0) is 14.7. The Hall–Kier alpha value is -0.550. The lowest BCUT2D eigenvalue weighted by Crippen LogP contribution is -2.01. The van der Waals surface area contributed by atoms with E-state index >= 15 is 0 Å². The Morgan fingerprint density at radius 2 is 1.95 bits per heavy atom. The fraction of sp³-hybridized carbons (Fsp3) is 0.200. The third-order valence-electron chi connectivity index (χ3n) is 2.83. The summed E-state index contributed by atoms with van der Waals surface area (Å²) >= 11 is 13.0. The molecule has 1 atom stereocenters. The molecular formula is C15H13Br2ClO2. The second-order valence-electron chi connectivity index (χ2n) is 4.19. The number of benzene rings is 2. The van der Waals surface area contributed by atoms with Crippen LogP contribution in [0, 0.1) is 0 Å². The van der Waals surface area contributed by atoms with Gasteiger partial charge in [-0.25, -0.2) is 0 Å². The smallest absolute Gasteiger partial charge is 0.133 e. The second-order valence-corrected chi connectivity index (χ2v) is 6.37. The van der Waals surface area contributed by atoms with E-state index in [1.54, 1.807) is 12.1 Å². The Kier molecular flexibility index (Phi) is 5.49. The van der Waals surface area contributed by atoms with Crippen LogP contribution >= 0.6 is 43.5 Å². The average Bonchev–Trinajstić information content (AvgIpc) is 2.40. The van der Waals surface area contributed by atoms with E-state index in [9.17, 15) is 5.11 Å². The van der Waals surface area contributed by atoms with Crippen LogP contribution in [0.25, 0.3) is 0 Å². The van der Waals surface area contributed by atoms with Gasteiger partial charge in [0, 0.05) is 15.1 Å². The second kappa shape index (κ2) is 6.94. The molecule has 0 aliphatic heterocycles. The summed E-state index contributed by atoms with van der Waals surface area (Å²) in [5.74, 6) is 0.755. The molecule has 2 aromatic rings.